The number of likely N-dealkylation sites (tertiary alicyclic amines) is 1. The summed E-state index contributed by atoms with van der Waals surface area (Å²) in [6.07, 6.45) is 2.48. The van der Waals surface area contributed by atoms with E-state index in [1.54, 1.807) is 4.90 Å². The number of β-amino-alcohol motifs (C(OH)–C–C–N with tert-alkyl or cyclic N) is 1. The van der Waals surface area contributed by atoms with Gasteiger partial charge in [-0.2, -0.15) is 0 Å². The van der Waals surface area contributed by atoms with Crippen LogP contribution < -0.4 is 11.1 Å². The highest BCUT2D eigenvalue weighted by molar-refractivity contribution is 5.76. The third kappa shape index (κ3) is 4.06. The van der Waals surface area contributed by atoms with Gasteiger partial charge in [-0.15, -0.1) is 0 Å². The molecule has 0 unspecified atom stereocenters. The molecule has 0 radical (unpaired) electrons. The third-order valence-electron chi connectivity index (χ3n) is 5.09. The van der Waals surface area contributed by atoms with Crippen molar-refractivity contribution in [2.24, 2.45) is 17.6 Å². The number of amides is 3. The average Bonchev–Trinajstić information content (AvgIpc) is 2.86. The lowest BCUT2D eigenvalue weighted by Crippen LogP contribution is -2.49. The van der Waals surface area contributed by atoms with Gasteiger partial charge in [0.25, 0.3) is 0 Å². The molecule has 6 heteroatoms. The highest BCUT2D eigenvalue weighted by atomic mass is 16.3. The van der Waals surface area contributed by atoms with Crippen LogP contribution in [-0.4, -0.2) is 47.2 Å². The van der Waals surface area contributed by atoms with E-state index in [2.05, 4.69) is 29.6 Å². The molecule has 1 aliphatic carbocycles. The van der Waals surface area contributed by atoms with Crippen LogP contribution in [0.1, 0.15) is 24.8 Å². The molecule has 1 aromatic carbocycles. The van der Waals surface area contributed by atoms with Gasteiger partial charge in [-0.05, 0) is 30.7 Å². The lowest BCUT2D eigenvalue weighted by atomic mass is 9.77. The molecule has 1 aliphatic heterocycles. The maximum absolute atomic E-state index is 12.3. The lowest BCUT2D eigenvalue weighted by Gasteiger charge is -2.37. The summed E-state index contributed by atoms with van der Waals surface area (Å²) in [6, 6.07) is 10.4. The summed E-state index contributed by atoms with van der Waals surface area (Å²) in [5.74, 6) is -0.0750. The Hall–Kier alpha value is -2.08. The zero-order valence-electron chi connectivity index (χ0n) is 13.7. The Kier molecular flexibility index (Phi) is 5.04. The smallest absolute Gasteiger partial charge is 0.317 e. The van der Waals surface area contributed by atoms with E-state index in [1.807, 2.05) is 6.07 Å². The van der Waals surface area contributed by atoms with E-state index < -0.39 is 12.0 Å². The van der Waals surface area contributed by atoms with E-state index in [0.717, 1.165) is 19.3 Å². The van der Waals surface area contributed by atoms with Crippen molar-refractivity contribution < 1.29 is 14.7 Å². The van der Waals surface area contributed by atoms with Crippen molar-refractivity contribution >= 4 is 11.9 Å². The second-order valence-corrected chi connectivity index (χ2v) is 7.08. The standard InChI is InChI=1S/C18H25N3O3/c19-17(23)9-14-10-21(11-16(14)22)18(24)20-15-7-13(8-15)6-12-4-2-1-3-5-12/h1-5,13-16,22H,6-11H2,(H2,19,23)(H,20,24)/t13?,14-,15?,16-/m1/s1. The number of carbonyl (C=O) groups is 2. The summed E-state index contributed by atoms with van der Waals surface area (Å²) >= 11 is 0. The Bertz CT molecular complexity index is 586. The molecule has 130 valence electrons. The van der Waals surface area contributed by atoms with E-state index >= 15 is 0 Å². The Morgan fingerprint density at radius 2 is 1.92 bits per heavy atom. The Morgan fingerprint density at radius 1 is 1.21 bits per heavy atom. The molecule has 2 fully saturated rings. The van der Waals surface area contributed by atoms with Crippen molar-refractivity contribution in [1.29, 1.82) is 0 Å². The molecular formula is C18H25N3O3. The fraction of sp³-hybridized carbons (Fsp3) is 0.556. The number of urea groups is 1. The van der Waals surface area contributed by atoms with Gasteiger partial charge in [0.2, 0.25) is 5.91 Å². The van der Waals surface area contributed by atoms with Gasteiger partial charge >= 0.3 is 6.03 Å². The molecule has 3 amide bonds. The van der Waals surface area contributed by atoms with E-state index in [0.29, 0.717) is 12.5 Å². The number of hydrogen-bond acceptors (Lipinski definition) is 3. The molecule has 1 saturated carbocycles. The molecular weight excluding hydrogens is 306 g/mol. The van der Waals surface area contributed by atoms with Crippen LogP contribution in [0.2, 0.25) is 0 Å². The Labute approximate surface area is 142 Å². The molecule has 1 heterocycles. The molecule has 0 spiro atoms. The highest BCUT2D eigenvalue weighted by Gasteiger charge is 2.37. The second kappa shape index (κ2) is 7.21. The Morgan fingerprint density at radius 3 is 2.58 bits per heavy atom. The van der Waals surface area contributed by atoms with Crippen molar-refractivity contribution in [3.8, 4) is 0 Å². The number of benzene rings is 1. The van der Waals surface area contributed by atoms with E-state index in [1.165, 1.54) is 5.56 Å². The van der Waals surface area contributed by atoms with Crippen LogP contribution in [0.5, 0.6) is 0 Å². The minimum atomic E-state index is -0.671. The van der Waals surface area contributed by atoms with Crippen LogP contribution in [0.3, 0.4) is 0 Å². The summed E-state index contributed by atoms with van der Waals surface area (Å²) in [7, 11) is 0. The van der Waals surface area contributed by atoms with Crippen LogP contribution in [0.4, 0.5) is 4.79 Å². The molecule has 2 aliphatic rings. The summed E-state index contributed by atoms with van der Waals surface area (Å²) in [5.41, 5.74) is 6.51. The van der Waals surface area contributed by atoms with Crippen LogP contribution in [0, 0.1) is 11.8 Å². The van der Waals surface area contributed by atoms with Crippen molar-refractivity contribution in [3.63, 3.8) is 0 Å². The molecule has 0 aromatic heterocycles. The SMILES string of the molecule is NC(=O)C[C@@H]1CN(C(=O)NC2CC(Cc3ccccc3)C2)C[C@H]1O. The predicted molar refractivity (Wildman–Crippen MR) is 90.1 cm³/mol. The molecule has 1 aromatic rings. The first-order chi connectivity index (χ1) is 11.5. The molecule has 0 bridgehead atoms. The summed E-state index contributed by atoms with van der Waals surface area (Å²) in [5, 5.41) is 13.0. The van der Waals surface area contributed by atoms with Crippen LogP contribution in [0.25, 0.3) is 0 Å². The van der Waals surface area contributed by atoms with Crippen molar-refractivity contribution in [3.05, 3.63) is 35.9 Å². The maximum Gasteiger partial charge on any atom is 0.317 e. The molecule has 24 heavy (non-hydrogen) atoms. The first kappa shape index (κ1) is 16.8. The number of aliphatic hydroxyl groups is 1. The van der Waals surface area contributed by atoms with Crippen LogP contribution >= 0.6 is 0 Å². The number of nitrogens with zero attached hydrogens (tertiary/aromatic N) is 1. The number of carbonyl (C=O) groups excluding carboxylic acids is 2. The number of primary amides is 1. The Balaban J connectivity index is 1.40. The molecule has 2 atom stereocenters. The van der Waals surface area contributed by atoms with Gasteiger partial charge in [-0.3, -0.25) is 4.79 Å². The van der Waals surface area contributed by atoms with Gasteiger partial charge in [-0.1, -0.05) is 30.3 Å². The van der Waals surface area contributed by atoms with Crippen molar-refractivity contribution in [1.82, 2.24) is 10.2 Å². The van der Waals surface area contributed by atoms with Gasteiger partial charge in [0, 0.05) is 31.5 Å². The topological polar surface area (TPSA) is 95.7 Å². The number of nitrogens with one attached hydrogen (secondary N) is 1. The number of nitrogens with two attached hydrogens (primary N) is 1. The summed E-state index contributed by atoms with van der Waals surface area (Å²) < 4.78 is 0. The number of hydrogen-bond donors (Lipinski definition) is 3. The predicted octanol–water partition coefficient (Wildman–Crippen LogP) is 0.885. The van der Waals surface area contributed by atoms with Gasteiger partial charge < -0.3 is 21.1 Å². The quantitative estimate of drug-likeness (QED) is 0.747. The largest absolute Gasteiger partial charge is 0.391 e. The highest BCUT2D eigenvalue weighted by Crippen LogP contribution is 2.31. The third-order valence-corrected chi connectivity index (χ3v) is 5.09. The first-order valence-electron chi connectivity index (χ1n) is 8.57. The number of aliphatic hydroxyl groups excluding tert-OH is 1. The van der Waals surface area contributed by atoms with Gasteiger partial charge in [0.05, 0.1) is 6.10 Å². The lowest BCUT2D eigenvalue weighted by molar-refractivity contribution is -0.119. The average molecular weight is 331 g/mol. The minimum Gasteiger partial charge on any atom is -0.391 e. The summed E-state index contributed by atoms with van der Waals surface area (Å²) in [4.78, 5) is 24.9. The zero-order valence-corrected chi connectivity index (χ0v) is 13.7. The maximum atomic E-state index is 12.3. The normalized spacial score (nSPS) is 29.1. The fourth-order valence-corrected chi connectivity index (χ4v) is 3.71. The second-order valence-electron chi connectivity index (χ2n) is 7.08. The van der Waals surface area contributed by atoms with Crippen LogP contribution in [-0.2, 0) is 11.2 Å². The molecule has 1 saturated heterocycles. The minimum absolute atomic E-state index is 0.119. The molecule has 6 nitrogen and oxygen atoms in total. The van der Waals surface area contributed by atoms with Gasteiger partial charge in [-0.25, -0.2) is 4.79 Å². The fourth-order valence-electron chi connectivity index (χ4n) is 3.71. The van der Waals surface area contributed by atoms with Gasteiger partial charge in [0.15, 0.2) is 0 Å². The van der Waals surface area contributed by atoms with Crippen molar-refractivity contribution in [2.45, 2.75) is 37.8 Å². The number of rotatable bonds is 5. The monoisotopic (exact) mass is 331 g/mol. The van der Waals surface area contributed by atoms with Gasteiger partial charge in [0.1, 0.15) is 0 Å². The molecule has 3 rings (SSSR count). The van der Waals surface area contributed by atoms with Crippen LogP contribution in [0.15, 0.2) is 30.3 Å². The van der Waals surface area contributed by atoms with E-state index in [-0.39, 0.29) is 31.0 Å². The van der Waals surface area contributed by atoms with E-state index in [4.69, 9.17) is 5.73 Å². The van der Waals surface area contributed by atoms with Crippen molar-refractivity contribution in [2.75, 3.05) is 13.1 Å². The summed E-state index contributed by atoms with van der Waals surface area (Å²) in [6.45, 7) is 0.653. The van der Waals surface area contributed by atoms with E-state index in [9.17, 15) is 14.7 Å². The first-order valence-corrected chi connectivity index (χ1v) is 8.57. The molecule has 4 N–H and O–H groups in total. The zero-order chi connectivity index (χ0) is 17.1.